The molecular formula is C11H11N3O2. The molecule has 0 atom stereocenters. The van der Waals surface area contributed by atoms with Crippen LogP contribution < -0.4 is 10.1 Å². The van der Waals surface area contributed by atoms with Crippen molar-refractivity contribution in [3.8, 4) is 11.8 Å². The quantitative estimate of drug-likeness (QED) is 0.814. The molecule has 82 valence electrons. The lowest BCUT2D eigenvalue weighted by molar-refractivity contribution is 0.0958. The molecule has 5 nitrogen and oxygen atoms in total. The van der Waals surface area contributed by atoms with Gasteiger partial charge in [-0.1, -0.05) is 0 Å². The van der Waals surface area contributed by atoms with Crippen LogP contribution in [0.2, 0.25) is 0 Å². The van der Waals surface area contributed by atoms with Crippen molar-refractivity contribution in [3.63, 3.8) is 0 Å². The standard InChI is InChI=1S/C11H11N3O2/c1-13-11(15)8-4-5-14-9(6-12)10(8)16-7-2-3-7/h4-5,7H,2-3H2,1H3,(H,13,15). The van der Waals surface area contributed by atoms with Gasteiger partial charge in [0.15, 0.2) is 11.4 Å². The van der Waals surface area contributed by atoms with Crippen LogP contribution in [0.25, 0.3) is 0 Å². The Morgan fingerprint density at radius 3 is 3.00 bits per heavy atom. The van der Waals surface area contributed by atoms with Gasteiger partial charge in [0.05, 0.1) is 11.7 Å². The monoisotopic (exact) mass is 217 g/mol. The molecule has 16 heavy (non-hydrogen) atoms. The molecule has 2 rings (SSSR count). The van der Waals surface area contributed by atoms with E-state index in [0.29, 0.717) is 11.3 Å². The first kappa shape index (κ1) is 10.4. The molecule has 0 radical (unpaired) electrons. The molecule has 1 aliphatic carbocycles. The van der Waals surface area contributed by atoms with Crippen molar-refractivity contribution in [1.29, 1.82) is 5.26 Å². The molecule has 1 heterocycles. The molecule has 1 aromatic rings. The van der Waals surface area contributed by atoms with E-state index in [1.165, 1.54) is 13.2 Å². The minimum Gasteiger partial charge on any atom is -0.487 e. The third-order valence-electron chi connectivity index (χ3n) is 2.29. The van der Waals surface area contributed by atoms with Crippen LogP contribution in [0.4, 0.5) is 0 Å². The van der Waals surface area contributed by atoms with Gasteiger partial charge in [0.1, 0.15) is 6.07 Å². The Kier molecular flexibility index (Phi) is 2.73. The van der Waals surface area contributed by atoms with Crippen molar-refractivity contribution in [2.75, 3.05) is 7.05 Å². The Morgan fingerprint density at radius 2 is 2.44 bits per heavy atom. The average Bonchev–Trinajstić information content (AvgIpc) is 3.12. The highest BCUT2D eigenvalue weighted by molar-refractivity contribution is 5.97. The van der Waals surface area contributed by atoms with Crippen LogP contribution in [0.3, 0.4) is 0 Å². The SMILES string of the molecule is CNC(=O)c1ccnc(C#N)c1OC1CC1. The first-order valence-electron chi connectivity index (χ1n) is 5.04. The molecule has 1 saturated carbocycles. The summed E-state index contributed by atoms with van der Waals surface area (Å²) in [6.45, 7) is 0. The van der Waals surface area contributed by atoms with E-state index < -0.39 is 0 Å². The van der Waals surface area contributed by atoms with Crippen molar-refractivity contribution < 1.29 is 9.53 Å². The van der Waals surface area contributed by atoms with E-state index in [-0.39, 0.29) is 17.7 Å². The molecule has 5 heteroatoms. The number of amides is 1. The number of aromatic nitrogens is 1. The molecule has 1 fully saturated rings. The highest BCUT2D eigenvalue weighted by Gasteiger charge is 2.27. The fraction of sp³-hybridized carbons (Fsp3) is 0.364. The van der Waals surface area contributed by atoms with Crippen molar-refractivity contribution in [2.45, 2.75) is 18.9 Å². The Bertz CT molecular complexity index is 461. The van der Waals surface area contributed by atoms with Gasteiger partial charge in [-0.25, -0.2) is 4.98 Å². The van der Waals surface area contributed by atoms with E-state index in [1.807, 2.05) is 6.07 Å². The second-order valence-electron chi connectivity index (χ2n) is 3.54. The average molecular weight is 217 g/mol. The summed E-state index contributed by atoms with van der Waals surface area (Å²) in [6.07, 6.45) is 3.49. The Balaban J connectivity index is 2.41. The minimum absolute atomic E-state index is 0.125. The molecule has 0 unspecified atom stereocenters. The first-order valence-corrected chi connectivity index (χ1v) is 5.04. The molecule has 0 bridgehead atoms. The van der Waals surface area contributed by atoms with Crippen LogP contribution in [-0.4, -0.2) is 24.0 Å². The minimum atomic E-state index is -0.269. The maximum absolute atomic E-state index is 11.6. The maximum atomic E-state index is 11.6. The number of hydrogen-bond acceptors (Lipinski definition) is 4. The largest absolute Gasteiger partial charge is 0.487 e. The third-order valence-corrected chi connectivity index (χ3v) is 2.29. The predicted molar refractivity (Wildman–Crippen MR) is 56.0 cm³/mol. The molecule has 0 aliphatic heterocycles. The summed E-state index contributed by atoms with van der Waals surface area (Å²) in [7, 11) is 1.54. The second-order valence-corrected chi connectivity index (χ2v) is 3.54. The zero-order chi connectivity index (χ0) is 11.5. The molecule has 0 saturated heterocycles. The van der Waals surface area contributed by atoms with Crippen molar-refractivity contribution >= 4 is 5.91 Å². The third kappa shape index (κ3) is 1.96. The van der Waals surface area contributed by atoms with Crippen molar-refractivity contribution in [1.82, 2.24) is 10.3 Å². The van der Waals surface area contributed by atoms with Gasteiger partial charge in [-0.3, -0.25) is 4.79 Å². The Hall–Kier alpha value is -2.09. The van der Waals surface area contributed by atoms with Gasteiger partial charge >= 0.3 is 0 Å². The van der Waals surface area contributed by atoms with Crippen LogP contribution in [0.1, 0.15) is 28.9 Å². The lowest BCUT2D eigenvalue weighted by Crippen LogP contribution is -2.20. The molecular weight excluding hydrogens is 206 g/mol. The number of carbonyl (C=O) groups is 1. The first-order chi connectivity index (χ1) is 7.76. The van der Waals surface area contributed by atoms with Gasteiger partial charge in [0.25, 0.3) is 5.91 Å². The molecule has 1 aliphatic rings. The van der Waals surface area contributed by atoms with E-state index in [1.54, 1.807) is 6.07 Å². The van der Waals surface area contributed by atoms with E-state index in [9.17, 15) is 4.79 Å². The topological polar surface area (TPSA) is 75.0 Å². The zero-order valence-electron chi connectivity index (χ0n) is 8.86. The molecule has 0 spiro atoms. The number of carbonyl (C=O) groups excluding carboxylic acids is 1. The summed E-state index contributed by atoms with van der Waals surface area (Å²) >= 11 is 0. The molecule has 0 aromatic carbocycles. The Morgan fingerprint density at radius 1 is 1.69 bits per heavy atom. The van der Waals surface area contributed by atoms with Crippen LogP contribution >= 0.6 is 0 Å². The second kappa shape index (κ2) is 4.19. The number of rotatable bonds is 3. The van der Waals surface area contributed by atoms with Gasteiger partial charge in [-0.2, -0.15) is 5.26 Å². The number of nitrogens with zero attached hydrogens (tertiary/aromatic N) is 2. The number of ether oxygens (including phenoxy) is 1. The molecule has 1 N–H and O–H groups in total. The lowest BCUT2D eigenvalue weighted by Gasteiger charge is -2.10. The van der Waals surface area contributed by atoms with Crippen molar-refractivity contribution in [3.05, 3.63) is 23.5 Å². The fourth-order valence-electron chi connectivity index (χ4n) is 1.31. The van der Waals surface area contributed by atoms with Gasteiger partial charge in [-0.05, 0) is 18.9 Å². The maximum Gasteiger partial charge on any atom is 0.254 e. The summed E-state index contributed by atoms with van der Waals surface area (Å²) in [5.74, 6) is 0.0291. The van der Waals surface area contributed by atoms with E-state index in [4.69, 9.17) is 10.00 Å². The summed E-state index contributed by atoms with van der Waals surface area (Å²) in [4.78, 5) is 15.5. The summed E-state index contributed by atoms with van der Waals surface area (Å²) in [5, 5.41) is 11.4. The van der Waals surface area contributed by atoms with Gasteiger partial charge in [0, 0.05) is 13.2 Å². The predicted octanol–water partition coefficient (Wildman–Crippen LogP) is 0.854. The number of hydrogen-bond donors (Lipinski definition) is 1. The zero-order valence-corrected chi connectivity index (χ0v) is 8.86. The van der Waals surface area contributed by atoms with E-state index in [0.717, 1.165) is 12.8 Å². The lowest BCUT2D eigenvalue weighted by atomic mass is 10.2. The number of nitrogens with one attached hydrogen (secondary N) is 1. The van der Waals surface area contributed by atoms with Crippen LogP contribution in [0.5, 0.6) is 5.75 Å². The fourth-order valence-corrected chi connectivity index (χ4v) is 1.31. The smallest absolute Gasteiger partial charge is 0.254 e. The van der Waals surface area contributed by atoms with E-state index >= 15 is 0 Å². The molecule has 1 aromatic heterocycles. The van der Waals surface area contributed by atoms with Gasteiger partial charge in [0.2, 0.25) is 0 Å². The van der Waals surface area contributed by atoms with Crippen LogP contribution in [-0.2, 0) is 0 Å². The van der Waals surface area contributed by atoms with Gasteiger partial charge < -0.3 is 10.1 Å². The van der Waals surface area contributed by atoms with Gasteiger partial charge in [-0.15, -0.1) is 0 Å². The summed E-state index contributed by atoms with van der Waals surface area (Å²) in [6, 6.07) is 3.48. The number of pyridine rings is 1. The van der Waals surface area contributed by atoms with E-state index in [2.05, 4.69) is 10.3 Å². The molecule has 1 amide bonds. The van der Waals surface area contributed by atoms with Crippen molar-refractivity contribution in [2.24, 2.45) is 0 Å². The Labute approximate surface area is 93.1 Å². The van der Waals surface area contributed by atoms with Crippen LogP contribution in [0, 0.1) is 11.3 Å². The van der Waals surface area contributed by atoms with Crippen LogP contribution in [0.15, 0.2) is 12.3 Å². The highest BCUT2D eigenvalue weighted by atomic mass is 16.5. The number of nitriles is 1. The highest BCUT2D eigenvalue weighted by Crippen LogP contribution is 2.30. The normalized spacial score (nSPS) is 14.0. The summed E-state index contributed by atoms with van der Waals surface area (Å²) in [5.41, 5.74) is 0.522. The summed E-state index contributed by atoms with van der Waals surface area (Å²) < 4.78 is 5.56.